The molecule has 2 rings (SSSR count). The molecule has 1 aliphatic rings. The van der Waals surface area contributed by atoms with Crippen LogP contribution in [0.4, 0.5) is 0 Å². The molecule has 3 nitrogen and oxygen atoms in total. The van der Waals surface area contributed by atoms with E-state index in [2.05, 4.69) is 18.3 Å². The van der Waals surface area contributed by atoms with Crippen LogP contribution < -0.4 is 5.32 Å². The highest BCUT2D eigenvalue weighted by molar-refractivity contribution is 5.92. The third-order valence-corrected chi connectivity index (χ3v) is 3.02. The number of rotatable bonds is 2. The first-order valence-corrected chi connectivity index (χ1v) is 6.01. The molecule has 1 heterocycles. The minimum absolute atomic E-state index is 0.106. The van der Waals surface area contributed by atoms with Gasteiger partial charge < -0.3 is 10.2 Å². The molecule has 1 saturated heterocycles. The maximum absolute atomic E-state index is 11.9. The summed E-state index contributed by atoms with van der Waals surface area (Å²) in [5.74, 6) is 0.106. The Morgan fingerprint density at radius 2 is 2.00 bits per heavy atom. The van der Waals surface area contributed by atoms with Gasteiger partial charge in [-0.05, 0) is 24.1 Å². The average molecular weight is 230 g/mol. The Morgan fingerprint density at radius 1 is 1.29 bits per heavy atom. The fraction of sp³-hybridized carbons (Fsp3) is 0.357. The van der Waals surface area contributed by atoms with Gasteiger partial charge in [0, 0.05) is 32.3 Å². The van der Waals surface area contributed by atoms with Crippen LogP contribution in [0.3, 0.4) is 0 Å². The average Bonchev–Trinajstić information content (AvgIpc) is 2.38. The Bertz CT molecular complexity index is 420. The van der Waals surface area contributed by atoms with E-state index in [0.29, 0.717) is 0 Å². The molecule has 0 atom stereocenters. The van der Waals surface area contributed by atoms with E-state index in [9.17, 15) is 4.79 Å². The molecule has 1 amide bonds. The number of hydrogen-bond acceptors (Lipinski definition) is 2. The molecule has 0 saturated carbocycles. The van der Waals surface area contributed by atoms with E-state index >= 15 is 0 Å². The summed E-state index contributed by atoms with van der Waals surface area (Å²) >= 11 is 0. The molecule has 0 aliphatic carbocycles. The van der Waals surface area contributed by atoms with Gasteiger partial charge in [0.05, 0.1) is 0 Å². The highest BCUT2D eigenvalue weighted by Gasteiger charge is 2.12. The van der Waals surface area contributed by atoms with Crippen LogP contribution >= 0.6 is 0 Å². The summed E-state index contributed by atoms with van der Waals surface area (Å²) in [6, 6.07) is 8.07. The lowest BCUT2D eigenvalue weighted by molar-refractivity contribution is -0.126. The van der Waals surface area contributed by atoms with Gasteiger partial charge in [-0.15, -0.1) is 0 Å². The third kappa shape index (κ3) is 3.17. The molecule has 90 valence electrons. The summed E-state index contributed by atoms with van der Waals surface area (Å²) in [7, 11) is 0. The van der Waals surface area contributed by atoms with Crippen molar-refractivity contribution >= 4 is 12.0 Å². The summed E-state index contributed by atoms with van der Waals surface area (Å²) in [5, 5.41) is 3.23. The van der Waals surface area contributed by atoms with Gasteiger partial charge >= 0.3 is 0 Å². The number of nitrogens with zero attached hydrogens (tertiary/aromatic N) is 1. The zero-order valence-electron chi connectivity index (χ0n) is 10.1. The monoisotopic (exact) mass is 230 g/mol. The Balaban J connectivity index is 2.00. The van der Waals surface area contributed by atoms with Crippen molar-refractivity contribution in [3.63, 3.8) is 0 Å². The van der Waals surface area contributed by atoms with Gasteiger partial charge in [-0.25, -0.2) is 0 Å². The number of aryl methyl sites for hydroxylation is 1. The molecule has 1 aliphatic heterocycles. The van der Waals surface area contributed by atoms with Crippen LogP contribution in [-0.2, 0) is 4.79 Å². The fourth-order valence-electron chi connectivity index (χ4n) is 1.93. The van der Waals surface area contributed by atoms with Crippen molar-refractivity contribution in [2.75, 3.05) is 26.2 Å². The lowest BCUT2D eigenvalue weighted by atomic mass is 10.1. The summed E-state index contributed by atoms with van der Waals surface area (Å²) in [4.78, 5) is 13.8. The Labute approximate surface area is 102 Å². The second kappa shape index (κ2) is 5.64. The first kappa shape index (κ1) is 11.9. The van der Waals surface area contributed by atoms with Crippen LogP contribution in [0, 0.1) is 6.92 Å². The molecule has 1 aromatic carbocycles. The van der Waals surface area contributed by atoms with E-state index in [0.717, 1.165) is 31.7 Å². The molecule has 1 fully saturated rings. The standard InChI is InChI=1S/C14H18N2O/c1-12-4-2-3-5-13(12)6-7-14(17)16-10-8-15-9-11-16/h2-7,15H,8-11H2,1H3. The molecular formula is C14H18N2O. The van der Waals surface area contributed by atoms with Crippen LogP contribution in [0.1, 0.15) is 11.1 Å². The van der Waals surface area contributed by atoms with Crippen LogP contribution in [-0.4, -0.2) is 37.0 Å². The molecule has 3 heteroatoms. The van der Waals surface area contributed by atoms with Gasteiger partial charge in [-0.2, -0.15) is 0 Å². The zero-order valence-corrected chi connectivity index (χ0v) is 10.1. The van der Waals surface area contributed by atoms with Gasteiger partial charge in [-0.1, -0.05) is 24.3 Å². The number of carbonyl (C=O) groups excluding carboxylic acids is 1. The minimum Gasteiger partial charge on any atom is -0.337 e. The number of piperazine rings is 1. The maximum atomic E-state index is 11.9. The number of amides is 1. The van der Waals surface area contributed by atoms with Gasteiger partial charge in [0.2, 0.25) is 5.91 Å². The van der Waals surface area contributed by atoms with E-state index in [4.69, 9.17) is 0 Å². The van der Waals surface area contributed by atoms with Crippen molar-refractivity contribution in [3.8, 4) is 0 Å². The van der Waals surface area contributed by atoms with Crippen molar-refractivity contribution < 1.29 is 4.79 Å². The zero-order chi connectivity index (χ0) is 12.1. The van der Waals surface area contributed by atoms with Crippen molar-refractivity contribution in [1.29, 1.82) is 0 Å². The predicted molar refractivity (Wildman–Crippen MR) is 69.7 cm³/mol. The SMILES string of the molecule is Cc1ccccc1C=CC(=O)N1CCNCC1. The second-order valence-corrected chi connectivity index (χ2v) is 4.27. The summed E-state index contributed by atoms with van der Waals surface area (Å²) in [5.41, 5.74) is 2.30. The van der Waals surface area contributed by atoms with Crippen LogP contribution in [0.2, 0.25) is 0 Å². The Morgan fingerprint density at radius 3 is 2.71 bits per heavy atom. The molecule has 0 radical (unpaired) electrons. The van der Waals surface area contributed by atoms with Crippen molar-refractivity contribution in [1.82, 2.24) is 10.2 Å². The van der Waals surface area contributed by atoms with E-state index in [-0.39, 0.29) is 5.91 Å². The van der Waals surface area contributed by atoms with Gasteiger partial charge in [-0.3, -0.25) is 4.79 Å². The number of hydrogen-bond donors (Lipinski definition) is 1. The van der Waals surface area contributed by atoms with Gasteiger partial charge in [0.15, 0.2) is 0 Å². The molecule has 0 unspecified atom stereocenters. The van der Waals surface area contributed by atoms with Crippen LogP contribution in [0.5, 0.6) is 0 Å². The maximum Gasteiger partial charge on any atom is 0.246 e. The largest absolute Gasteiger partial charge is 0.337 e. The summed E-state index contributed by atoms with van der Waals surface area (Å²) < 4.78 is 0. The smallest absolute Gasteiger partial charge is 0.246 e. The van der Waals surface area contributed by atoms with Gasteiger partial charge in [0.1, 0.15) is 0 Å². The molecule has 17 heavy (non-hydrogen) atoms. The van der Waals surface area contributed by atoms with E-state index in [1.165, 1.54) is 5.56 Å². The number of carbonyl (C=O) groups is 1. The Hall–Kier alpha value is -1.61. The predicted octanol–water partition coefficient (Wildman–Crippen LogP) is 1.44. The van der Waals surface area contributed by atoms with Crippen molar-refractivity contribution in [2.24, 2.45) is 0 Å². The molecule has 1 N–H and O–H groups in total. The fourth-order valence-corrected chi connectivity index (χ4v) is 1.93. The lowest BCUT2D eigenvalue weighted by Gasteiger charge is -2.26. The first-order chi connectivity index (χ1) is 8.27. The highest BCUT2D eigenvalue weighted by atomic mass is 16.2. The number of benzene rings is 1. The normalized spacial score (nSPS) is 16.4. The summed E-state index contributed by atoms with van der Waals surface area (Å²) in [6.45, 7) is 5.44. The molecule has 0 spiro atoms. The lowest BCUT2D eigenvalue weighted by Crippen LogP contribution is -2.45. The van der Waals surface area contributed by atoms with Crippen LogP contribution in [0.15, 0.2) is 30.3 Å². The molecule has 0 bridgehead atoms. The quantitative estimate of drug-likeness (QED) is 0.780. The van der Waals surface area contributed by atoms with E-state index < -0.39 is 0 Å². The molecule has 1 aromatic rings. The van der Waals surface area contributed by atoms with E-state index in [1.54, 1.807) is 6.08 Å². The van der Waals surface area contributed by atoms with Gasteiger partial charge in [0.25, 0.3) is 0 Å². The topological polar surface area (TPSA) is 32.3 Å². The molecule has 0 aromatic heterocycles. The van der Waals surface area contributed by atoms with Crippen LogP contribution in [0.25, 0.3) is 6.08 Å². The summed E-state index contributed by atoms with van der Waals surface area (Å²) in [6.07, 6.45) is 3.58. The highest BCUT2D eigenvalue weighted by Crippen LogP contribution is 2.09. The Kier molecular flexibility index (Phi) is 3.94. The third-order valence-electron chi connectivity index (χ3n) is 3.02. The number of nitrogens with one attached hydrogen (secondary N) is 1. The first-order valence-electron chi connectivity index (χ1n) is 6.01. The minimum atomic E-state index is 0.106. The van der Waals surface area contributed by atoms with E-state index in [1.807, 2.05) is 29.2 Å². The van der Waals surface area contributed by atoms with Crippen molar-refractivity contribution in [3.05, 3.63) is 41.5 Å². The van der Waals surface area contributed by atoms with Crippen molar-refractivity contribution in [2.45, 2.75) is 6.92 Å². The molecular weight excluding hydrogens is 212 g/mol. The second-order valence-electron chi connectivity index (χ2n) is 4.27.